The summed E-state index contributed by atoms with van der Waals surface area (Å²) < 4.78 is 11.3. The predicted octanol–water partition coefficient (Wildman–Crippen LogP) is 6.29. The van der Waals surface area contributed by atoms with E-state index in [2.05, 4.69) is 5.32 Å². The second kappa shape index (κ2) is 11.0. The Hall–Kier alpha value is -3.52. The van der Waals surface area contributed by atoms with Crippen molar-refractivity contribution in [3.05, 3.63) is 92.4 Å². The monoisotopic (exact) mass is 544 g/mol. The molecule has 4 rings (SSSR count). The smallest absolute Gasteiger partial charge is 0.335 e. The van der Waals surface area contributed by atoms with Crippen molar-refractivity contribution >= 4 is 64.4 Å². The molecule has 1 aliphatic heterocycles. The third-order valence-corrected chi connectivity index (χ3v) is 6.13. The maximum Gasteiger partial charge on any atom is 0.335 e. The van der Waals surface area contributed by atoms with Crippen LogP contribution in [0.3, 0.4) is 0 Å². The third kappa shape index (κ3) is 5.65. The van der Waals surface area contributed by atoms with E-state index >= 15 is 0 Å². The molecular formula is C26H19Cl3N2O5. The molecule has 184 valence electrons. The average Bonchev–Trinajstić information content (AvgIpc) is 2.84. The second-order valence-corrected chi connectivity index (χ2v) is 8.85. The molecule has 0 atom stereocenters. The number of anilines is 1. The van der Waals surface area contributed by atoms with Gasteiger partial charge in [-0.3, -0.25) is 14.9 Å². The molecule has 0 aliphatic carbocycles. The van der Waals surface area contributed by atoms with Crippen LogP contribution in [0.15, 0.2) is 66.2 Å². The number of hydrogen-bond acceptors (Lipinski definition) is 5. The van der Waals surface area contributed by atoms with Crippen LogP contribution in [0, 0.1) is 0 Å². The normalized spacial score (nSPS) is 14.7. The second-order valence-electron chi connectivity index (χ2n) is 7.60. The van der Waals surface area contributed by atoms with E-state index in [9.17, 15) is 14.4 Å². The van der Waals surface area contributed by atoms with E-state index in [0.29, 0.717) is 38.7 Å². The molecule has 4 amide bonds. The molecule has 3 aromatic carbocycles. The number of nitrogens with zero attached hydrogens (tertiary/aromatic N) is 1. The van der Waals surface area contributed by atoms with Gasteiger partial charge < -0.3 is 9.47 Å². The Morgan fingerprint density at radius 1 is 0.889 bits per heavy atom. The summed E-state index contributed by atoms with van der Waals surface area (Å²) in [6.07, 6.45) is 1.34. The molecule has 7 nitrogen and oxygen atoms in total. The number of rotatable bonds is 7. The van der Waals surface area contributed by atoms with E-state index < -0.39 is 17.8 Å². The fourth-order valence-corrected chi connectivity index (χ4v) is 3.96. The summed E-state index contributed by atoms with van der Waals surface area (Å²) in [5.41, 5.74) is 1.16. The van der Waals surface area contributed by atoms with Gasteiger partial charge in [0.2, 0.25) is 0 Å². The number of nitrogens with one attached hydrogen (secondary N) is 1. The molecule has 0 spiro atoms. The number of carbonyl (C=O) groups is 3. The number of urea groups is 1. The SMILES string of the molecule is CCOc1ccc(N2C(=O)NC(=O)/C(=C\c3cc(Cl)ccc3OCc3ccc(Cl)c(Cl)c3)C2=O)cc1. The van der Waals surface area contributed by atoms with E-state index in [0.717, 1.165) is 10.5 Å². The first-order chi connectivity index (χ1) is 17.3. The van der Waals surface area contributed by atoms with Gasteiger partial charge >= 0.3 is 6.03 Å². The van der Waals surface area contributed by atoms with Crippen molar-refractivity contribution in [3.8, 4) is 11.5 Å². The Morgan fingerprint density at radius 3 is 2.33 bits per heavy atom. The quantitative estimate of drug-likeness (QED) is 0.279. The fraction of sp³-hybridized carbons (Fsp3) is 0.115. The van der Waals surface area contributed by atoms with E-state index in [1.807, 2.05) is 6.92 Å². The van der Waals surface area contributed by atoms with Crippen molar-refractivity contribution in [2.45, 2.75) is 13.5 Å². The van der Waals surface area contributed by atoms with Crippen molar-refractivity contribution in [1.29, 1.82) is 0 Å². The van der Waals surface area contributed by atoms with Crippen LogP contribution in [0.5, 0.6) is 11.5 Å². The first-order valence-electron chi connectivity index (χ1n) is 10.8. The number of ether oxygens (including phenoxy) is 2. The molecule has 0 radical (unpaired) electrons. The van der Waals surface area contributed by atoms with Crippen molar-refractivity contribution in [2.24, 2.45) is 0 Å². The van der Waals surface area contributed by atoms with Gasteiger partial charge in [0, 0.05) is 10.6 Å². The van der Waals surface area contributed by atoms with Gasteiger partial charge in [0.1, 0.15) is 23.7 Å². The lowest BCUT2D eigenvalue weighted by Crippen LogP contribution is -2.54. The maximum absolute atomic E-state index is 13.3. The molecule has 0 aromatic heterocycles. The lowest BCUT2D eigenvalue weighted by Gasteiger charge is -2.26. The number of barbiturate groups is 1. The molecule has 1 saturated heterocycles. The highest BCUT2D eigenvalue weighted by Crippen LogP contribution is 2.30. The summed E-state index contributed by atoms with van der Waals surface area (Å²) in [5, 5.41) is 3.38. The first-order valence-corrected chi connectivity index (χ1v) is 11.9. The van der Waals surface area contributed by atoms with Crippen LogP contribution in [0.25, 0.3) is 6.08 Å². The third-order valence-electron chi connectivity index (χ3n) is 5.16. The van der Waals surface area contributed by atoms with Gasteiger partial charge in [0.05, 0.1) is 22.3 Å². The zero-order chi connectivity index (χ0) is 25.8. The predicted molar refractivity (Wildman–Crippen MR) is 139 cm³/mol. The van der Waals surface area contributed by atoms with Crippen LogP contribution in [-0.2, 0) is 16.2 Å². The minimum Gasteiger partial charge on any atom is -0.494 e. The summed E-state index contributed by atoms with van der Waals surface area (Å²) in [6.45, 7) is 2.46. The van der Waals surface area contributed by atoms with E-state index in [1.54, 1.807) is 60.7 Å². The molecule has 0 saturated carbocycles. The lowest BCUT2D eigenvalue weighted by molar-refractivity contribution is -0.122. The van der Waals surface area contributed by atoms with Gasteiger partial charge in [0.25, 0.3) is 11.8 Å². The highest BCUT2D eigenvalue weighted by molar-refractivity contribution is 6.42. The highest BCUT2D eigenvalue weighted by Gasteiger charge is 2.37. The minimum atomic E-state index is -0.853. The standard InChI is InChI=1S/C26H19Cl3N2O5/c1-2-35-19-7-5-18(6-8-19)31-25(33)20(24(32)30-26(31)34)13-16-12-17(27)4-10-23(16)36-14-15-3-9-21(28)22(29)11-15/h3-13H,2,14H2,1H3,(H,30,32,34)/b20-13+. The van der Waals surface area contributed by atoms with Crippen molar-refractivity contribution in [1.82, 2.24) is 5.32 Å². The Bertz CT molecular complexity index is 1370. The number of carbonyl (C=O) groups excluding carboxylic acids is 3. The molecule has 1 heterocycles. The van der Waals surface area contributed by atoms with Crippen molar-refractivity contribution < 1.29 is 23.9 Å². The molecule has 0 bridgehead atoms. The number of amides is 4. The van der Waals surface area contributed by atoms with Crippen LogP contribution in [-0.4, -0.2) is 24.5 Å². The summed E-state index contributed by atoms with van der Waals surface area (Å²) in [4.78, 5) is 39.2. The molecule has 3 aromatic rings. The molecule has 0 unspecified atom stereocenters. The summed E-state index contributed by atoms with van der Waals surface area (Å²) in [6, 6.07) is 15.4. The summed E-state index contributed by atoms with van der Waals surface area (Å²) in [7, 11) is 0. The molecule has 10 heteroatoms. The van der Waals surface area contributed by atoms with Gasteiger partial charge in [-0.2, -0.15) is 0 Å². The Labute approximate surface area is 222 Å². The zero-order valence-corrected chi connectivity index (χ0v) is 21.2. The van der Waals surface area contributed by atoms with Gasteiger partial charge in [-0.25, -0.2) is 9.69 Å². The molecule has 36 heavy (non-hydrogen) atoms. The number of halogens is 3. The summed E-state index contributed by atoms with van der Waals surface area (Å²) >= 11 is 18.2. The van der Waals surface area contributed by atoms with Crippen LogP contribution in [0.2, 0.25) is 15.1 Å². The van der Waals surface area contributed by atoms with Gasteiger partial charge in [-0.1, -0.05) is 40.9 Å². The highest BCUT2D eigenvalue weighted by atomic mass is 35.5. The largest absolute Gasteiger partial charge is 0.494 e. The topological polar surface area (TPSA) is 84.9 Å². The van der Waals surface area contributed by atoms with Gasteiger partial charge in [-0.15, -0.1) is 0 Å². The summed E-state index contributed by atoms with van der Waals surface area (Å²) in [5.74, 6) is -0.672. The van der Waals surface area contributed by atoms with E-state index in [4.69, 9.17) is 44.3 Å². The average molecular weight is 546 g/mol. The molecular weight excluding hydrogens is 527 g/mol. The lowest BCUT2D eigenvalue weighted by atomic mass is 10.1. The van der Waals surface area contributed by atoms with E-state index in [1.165, 1.54) is 6.08 Å². The Balaban J connectivity index is 1.64. The van der Waals surface area contributed by atoms with Crippen molar-refractivity contribution in [3.63, 3.8) is 0 Å². The minimum absolute atomic E-state index is 0.144. The van der Waals surface area contributed by atoms with Crippen LogP contribution < -0.4 is 19.7 Å². The van der Waals surface area contributed by atoms with E-state index in [-0.39, 0.29) is 17.9 Å². The fourth-order valence-electron chi connectivity index (χ4n) is 3.46. The van der Waals surface area contributed by atoms with Gasteiger partial charge in [0.15, 0.2) is 0 Å². The Kier molecular flexibility index (Phi) is 7.84. The van der Waals surface area contributed by atoms with Crippen LogP contribution in [0.4, 0.5) is 10.5 Å². The maximum atomic E-state index is 13.3. The molecule has 1 aliphatic rings. The number of hydrogen-bond donors (Lipinski definition) is 1. The number of benzene rings is 3. The Morgan fingerprint density at radius 2 is 1.64 bits per heavy atom. The first kappa shape index (κ1) is 25.6. The molecule has 1 fully saturated rings. The number of imide groups is 2. The zero-order valence-electron chi connectivity index (χ0n) is 18.9. The molecule has 1 N–H and O–H groups in total. The van der Waals surface area contributed by atoms with Crippen LogP contribution in [0.1, 0.15) is 18.1 Å². The van der Waals surface area contributed by atoms with Crippen LogP contribution >= 0.6 is 34.8 Å². The van der Waals surface area contributed by atoms with Gasteiger partial charge in [-0.05, 0) is 73.2 Å². The van der Waals surface area contributed by atoms with Crippen molar-refractivity contribution in [2.75, 3.05) is 11.5 Å².